The molecule has 0 saturated carbocycles. The van der Waals surface area contributed by atoms with Gasteiger partial charge in [-0.15, -0.1) is 0 Å². The summed E-state index contributed by atoms with van der Waals surface area (Å²) in [5.74, 6) is -1.34. The fourth-order valence-electron chi connectivity index (χ4n) is 11.7. The third-order valence-electron chi connectivity index (χ3n) is 17.9. The lowest BCUT2D eigenvalue weighted by Crippen LogP contribution is -2.30. The lowest BCUT2D eigenvalue weighted by molar-refractivity contribution is -0.161. The molecular formula is C79H150O17P2. The van der Waals surface area contributed by atoms with E-state index in [9.17, 15) is 43.2 Å². The van der Waals surface area contributed by atoms with Crippen LogP contribution in [0, 0.1) is 5.92 Å². The fraction of sp³-hybridized carbons (Fsp3) is 0.899. The summed E-state index contributed by atoms with van der Waals surface area (Å²) in [6.07, 6.45) is 64.8. The van der Waals surface area contributed by atoms with Gasteiger partial charge in [-0.25, -0.2) is 9.13 Å². The second-order valence-electron chi connectivity index (χ2n) is 28.2. The van der Waals surface area contributed by atoms with Crippen molar-refractivity contribution in [2.45, 2.75) is 412 Å². The third-order valence-corrected chi connectivity index (χ3v) is 19.8. The van der Waals surface area contributed by atoms with Crippen LogP contribution < -0.4 is 0 Å². The zero-order valence-corrected chi connectivity index (χ0v) is 65.2. The van der Waals surface area contributed by atoms with Gasteiger partial charge in [-0.3, -0.25) is 37.3 Å². The molecule has 17 nitrogen and oxygen atoms in total. The van der Waals surface area contributed by atoms with Gasteiger partial charge in [-0.05, 0) is 57.3 Å². The Kier molecular flexibility index (Phi) is 69.7. The summed E-state index contributed by atoms with van der Waals surface area (Å²) in [6, 6.07) is 0. The Morgan fingerprint density at radius 2 is 0.551 bits per heavy atom. The van der Waals surface area contributed by atoms with Crippen LogP contribution >= 0.6 is 15.6 Å². The van der Waals surface area contributed by atoms with E-state index < -0.39 is 97.5 Å². The number of unbranched alkanes of at least 4 members (excludes halogenated alkanes) is 46. The summed E-state index contributed by atoms with van der Waals surface area (Å²) in [7, 11) is -9.92. The summed E-state index contributed by atoms with van der Waals surface area (Å²) in [5, 5.41) is 10.6. The molecule has 0 aliphatic rings. The Balaban J connectivity index is 5.21. The molecule has 578 valence electrons. The van der Waals surface area contributed by atoms with Gasteiger partial charge in [0.15, 0.2) is 12.2 Å². The predicted molar refractivity (Wildman–Crippen MR) is 400 cm³/mol. The summed E-state index contributed by atoms with van der Waals surface area (Å²) < 4.78 is 68.5. The minimum Gasteiger partial charge on any atom is -0.462 e. The molecule has 19 heteroatoms. The zero-order chi connectivity index (χ0) is 71.9. The molecule has 3 N–H and O–H groups in total. The van der Waals surface area contributed by atoms with Crippen molar-refractivity contribution in [3.8, 4) is 0 Å². The molecule has 2 unspecified atom stereocenters. The molecule has 0 bridgehead atoms. The van der Waals surface area contributed by atoms with Crippen LogP contribution in [0.3, 0.4) is 0 Å². The van der Waals surface area contributed by atoms with Crippen LogP contribution in [0.2, 0.25) is 0 Å². The van der Waals surface area contributed by atoms with Gasteiger partial charge in [0.2, 0.25) is 0 Å². The Morgan fingerprint density at radius 3 is 0.837 bits per heavy atom. The lowest BCUT2D eigenvalue weighted by atomic mass is 10.0. The number of esters is 4. The molecule has 0 fully saturated rings. The van der Waals surface area contributed by atoms with Crippen LogP contribution in [0.4, 0.5) is 0 Å². The number of aliphatic hydroxyl groups excluding tert-OH is 1. The van der Waals surface area contributed by atoms with Crippen LogP contribution in [0.25, 0.3) is 0 Å². The first-order valence-corrected chi connectivity index (χ1v) is 43.4. The molecule has 0 amide bonds. The molecule has 0 aliphatic carbocycles. The minimum atomic E-state index is -4.96. The molecule has 0 radical (unpaired) electrons. The van der Waals surface area contributed by atoms with Crippen molar-refractivity contribution in [3.05, 3.63) is 24.3 Å². The molecule has 0 aromatic heterocycles. The molecule has 0 aliphatic heterocycles. The number of ether oxygens (including phenoxy) is 4. The largest absolute Gasteiger partial charge is 0.472 e. The number of carbonyl (C=O) groups is 4. The Labute approximate surface area is 599 Å². The van der Waals surface area contributed by atoms with E-state index >= 15 is 0 Å². The fourth-order valence-corrected chi connectivity index (χ4v) is 13.3. The molecule has 0 aromatic rings. The Hall–Kier alpha value is -2.46. The molecule has 0 saturated heterocycles. The van der Waals surface area contributed by atoms with Gasteiger partial charge in [-0.1, -0.05) is 341 Å². The third kappa shape index (κ3) is 71.9. The minimum absolute atomic E-state index is 0.0850. The lowest BCUT2D eigenvalue weighted by Gasteiger charge is -2.21. The zero-order valence-electron chi connectivity index (χ0n) is 63.4. The van der Waals surface area contributed by atoms with E-state index in [4.69, 9.17) is 37.0 Å². The van der Waals surface area contributed by atoms with Crippen LogP contribution in [-0.4, -0.2) is 96.7 Å². The van der Waals surface area contributed by atoms with Crippen molar-refractivity contribution in [2.24, 2.45) is 5.92 Å². The first kappa shape index (κ1) is 95.5. The quantitative estimate of drug-likeness (QED) is 0.0169. The van der Waals surface area contributed by atoms with Crippen LogP contribution in [0.5, 0.6) is 0 Å². The number of aliphatic hydroxyl groups is 1. The first-order valence-electron chi connectivity index (χ1n) is 40.5. The number of phosphoric ester groups is 2. The van der Waals surface area contributed by atoms with Gasteiger partial charge in [0.05, 0.1) is 26.4 Å². The highest BCUT2D eigenvalue weighted by Crippen LogP contribution is 2.45. The first-order chi connectivity index (χ1) is 47.5. The molecule has 0 aromatic carbocycles. The van der Waals surface area contributed by atoms with Crippen molar-refractivity contribution in [1.82, 2.24) is 0 Å². The highest BCUT2D eigenvalue weighted by Gasteiger charge is 2.30. The summed E-state index contributed by atoms with van der Waals surface area (Å²) in [6.45, 7) is 7.23. The Morgan fingerprint density at radius 1 is 0.316 bits per heavy atom. The van der Waals surface area contributed by atoms with Gasteiger partial charge in [0.25, 0.3) is 0 Å². The number of phosphoric acid groups is 2. The number of hydrogen-bond donors (Lipinski definition) is 3. The normalized spacial score (nSPS) is 14.1. The summed E-state index contributed by atoms with van der Waals surface area (Å²) >= 11 is 0. The van der Waals surface area contributed by atoms with E-state index in [2.05, 4.69) is 58.9 Å². The highest BCUT2D eigenvalue weighted by atomic mass is 31.2. The van der Waals surface area contributed by atoms with Gasteiger partial charge in [0, 0.05) is 25.7 Å². The van der Waals surface area contributed by atoms with Crippen molar-refractivity contribution in [1.29, 1.82) is 0 Å². The van der Waals surface area contributed by atoms with Gasteiger partial charge < -0.3 is 33.8 Å². The van der Waals surface area contributed by atoms with Crippen molar-refractivity contribution < 1.29 is 80.2 Å². The van der Waals surface area contributed by atoms with E-state index in [1.807, 2.05) is 0 Å². The van der Waals surface area contributed by atoms with Crippen molar-refractivity contribution in [2.75, 3.05) is 39.6 Å². The standard InChI is InChI=1S/C79H150O17P2/c1-6-9-12-15-18-20-22-24-26-27-28-32-35-39-43-48-53-58-63-77(82)90-69-75(96-79(84)65-60-55-50-45-41-37-33-29-31-34-38-42-47-51-56-61-72(4)5)71-94-98(87,88)92-67-73(80)66-91-97(85,86)93-70-74(68-89-76(81)62-57-52-46-17-14-11-8-3)95-78(83)64-59-54-49-44-40-36-30-25-23-21-19-16-13-10-7-2/h21,23,25,30,72-75,80H,6-20,22,24,26-29,31-71H2,1-5H3,(H,85,86)(H,87,88)/b23-21-,30-25-/t73-,74+,75+/m0/s1. The topological polar surface area (TPSA) is 237 Å². The van der Waals surface area contributed by atoms with E-state index in [1.165, 1.54) is 193 Å². The van der Waals surface area contributed by atoms with Crippen LogP contribution in [0.15, 0.2) is 24.3 Å². The van der Waals surface area contributed by atoms with E-state index in [0.717, 1.165) is 121 Å². The summed E-state index contributed by atoms with van der Waals surface area (Å²) in [4.78, 5) is 72.8. The monoisotopic (exact) mass is 1430 g/mol. The number of hydrogen-bond acceptors (Lipinski definition) is 15. The van der Waals surface area contributed by atoms with Gasteiger partial charge in [0.1, 0.15) is 19.3 Å². The average Bonchev–Trinajstić information content (AvgIpc) is 1.05. The van der Waals surface area contributed by atoms with E-state index in [1.54, 1.807) is 0 Å². The van der Waals surface area contributed by atoms with Gasteiger partial charge >= 0.3 is 39.5 Å². The molecular weight excluding hydrogens is 1280 g/mol. The van der Waals surface area contributed by atoms with Crippen LogP contribution in [-0.2, 0) is 65.4 Å². The number of allylic oxidation sites excluding steroid dienone is 4. The van der Waals surface area contributed by atoms with E-state index in [0.29, 0.717) is 25.7 Å². The summed E-state index contributed by atoms with van der Waals surface area (Å²) in [5.41, 5.74) is 0. The molecule has 98 heavy (non-hydrogen) atoms. The number of carbonyl (C=O) groups excluding carboxylic acids is 4. The molecule has 0 spiro atoms. The van der Waals surface area contributed by atoms with Crippen molar-refractivity contribution >= 4 is 39.5 Å². The SMILES string of the molecule is CCCCCC/C=C\C=C/CCCCCCCC(=O)O[C@H](COC(=O)CCCCCCCCC)COP(=O)(O)OC[C@H](O)COP(=O)(O)OC[C@@H](COC(=O)CCCCCCCCCCCCCCCCCCCC)OC(=O)CCCCCCCCCCCCCCCCCC(C)C. The molecule has 0 rings (SSSR count). The van der Waals surface area contributed by atoms with Crippen LogP contribution in [0.1, 0.15) is 394 Å². The van der Waals surface area contributed by atoms with E-state index in [-0.39, 0.29) is 25.7 Å². The highest BCUT2D eigenvalue weighted by molar-refractivity contribution is 7.47. The maximum absolute atomic E-state index is 13.1. The number of rotatable bonds is 77. The van der Waals surface area contributed by atoms with Crippen molar-refractivity contribution in [3.63, 3.8) is 0 Å². The molecule has 0 heterocycles. The Bertz CT molecular complexity index is 1970. The second-order valence-corrected chi connectivity index (χ2v) is 31.2. The molecule has 5 atom stereocenters. The van der Waals surface area contributed by atoms with Gasteiger partial charge in [-0.2, -0.15) is 0 Å². The average molecular weight is 1430 g/mol. The predicted octanol–water partition coefficient (Wildman–Crippen LogP) is 23.2. The second kappa shape index (κ2) is 71.5. The maximum atomic E-state index is 13.1. The maximum Gasteiger partial charge on any atom is 0.472 e. The smallest absolute Gasteiger partial charge is 0.462 e.